The maximum Gasteiger partial charge on any atom is 0.140 e. The summed E-state index contributed by atoms with van der Waals surface area (Å²) in [5.41, 5.74) is 0. The van der Waals surface area contributed by atoms with Crippen molar-refractivity contribution >= 4 is 5.78 Å². The molecule has 0 aromatic heterocycles. The van der Waals surface area contributed by atoms with E-state index in [0.717, 1.165) is 12.8 Å². The fourth-order valence-corrected chi connectivity index (χ4v) is 3.32. The molecule has 0 aliphatic heterocycles. The number of allylic oxidation sites excluding steroid dienone is 2. The van der Waals surface area contributed by atoms with Gasteiger partial charge in [-0.3, -0.25) is 4.79 Å². The van der Waals surface area contributed by atoms with Crippen LogP contribution in [-0.4, -0.2) is 17.0 Å². The molecule has 3 aliphatic carbocycles. The second-order valence-electron chi connectivity index (χ2n) is 4.24. The van der Waals surface area contributed by atoms with Gasteiger partial charge in [-0.1, -0.05) is 12.2 Å². The minimum atomic E-state index is -0.201. The summed E-state index contributed by atoms with van der Waals surface area (Å²) in [6, 6.07) is 0. The predicted molar refractivity (Wildman–Crippen MR) is 43.3 cm³/mol. The van der Waals surface area contributed by atoms with Crippen molar-refractivity contribution in [3.8, 4) is 0 Å². The van der Waals surface area contributed by atoms with Crippen molar-refractivity contribution in [2.24, 2.45) is 23.7 Å². The lowest BCUT2D eigenvalue weighted by Crippen LogP contribution is -2.31. The first-order chi connectivity index (χ1) is 5.79. The highest BCUT2D eigenvalue weighted by atomic mass is 16.3. The van der Waals surface area contributed by atoms with E-state index in [9.17, 15) is 9.90 Å². The SMILES string of the molecule is O=C1[C@@H]2C[C@@H](O)[C@H]3[C@@H]2C=CC[C@@H]13. The molecule has 2 nitrogen and oxygen atoms in total. The molecule has 3 rings (SSSR count). The molecule has 0 saturated heterocycles. The van der Waals surface area contributed by atoms with E-state index in [0.29, 0.717) is 11.7 Å². The molecule has 0 aromatic carbocycles. The summed E-state index contributed by atoms with van der Waals surface area (Å²) in [4.78, 5) is 11.6. The molecule has 1 N–H and O–H groups in total. The molecule has 2 saturated carbocycles. The van der Waals surface area contributed by atoms with Gasteiger partial charge in [-0.2, -0.15) is 0 Å². The van der Waals surface area contributed by atoms with Gasteiger partial charge in [0, 0.05) is 17.8 Å². The molecular weight excluding hydrogens is 152 g/mol. The molecule has 64 valence electrons. The van der Waals surface area contributed by atoms with Gasteiger partial charge in [0.2, 0.25) is 0 Å². The van der Waals surface area contributed by atoms with Crippen LogP contribution in [0.2, 0.25) is 0 Å². The lowest BCUT2D eigenvalue weighted by Gasteiger charge is -2.26. The van der Waals surface area contributed by atoms with Crippen LogP contribution in [0.4, 0.5) is 0 Å². The maximum atomic E-state index is 11.6. The average Bonchev–Trinajstić information content (AvgIpc) is 2.48. The number of Topliss-reactive ketones (excluding diaryl/α,β-unsaturated/α-hetero) is 1. The smallest absolute Gasteiger partial charge is 0.140 e. The fraction of sp³-hybridized carbons (Fsp3) is 0.700. The Bertz CT molecular complexity index is 265. The minimum absolute atomic E-state index is 0.161. The van der Waals surface area contributed by atoms with Crippen LogP contribution >= 0.6 is 0 Å². The molecule has 5 atom stereocenters. The Morgan fingerprint density at radius 3 is 2.92 bits per heavy atom. The molecule has 12 heavy (non-hydrogen) atoms. The standard InChI is InChI=1S/C10H12O2/c11-8-4-7-5-2-1-3-6(9(5)8)10(7)12/h1-2,5-9,11H,3-4H2/t5-,6-,7-,8-,9+/m1/s1. The van der Waals surface area contributed by atoms with Crippen LogP contribution in [0.25, 0.3) is 0 Å². The van der Waals surface area contributed by atoms with Gasteiger partial charge < -0.3 is 5.11 Å². The molecule has 0 radical (unpaired) electrons. The third-order valence-electron chi connectivity index (χ3n) is 3.79. The van der Waals surface area contributed by atoms with Gasteiger partial charge in [0.05, 0.1) is 6.10 Å². The summed E-state index contributed by atoms with van der Waals surface area (Å²) in [7, 11) is 0. The van der Waals surface area contributed by atoms with Crippen LogP contribution in [-0.2, 0) is 4.79 Å². The third kappa shape index (κ3) is 0.589. The highest BCUT2D eigenvalue weighted by molar-refractivity contribution is 5.88. The van der Waals surface area contributed by atoms with E-state index in [-0.39, 0.29) is 23.9 Å². The molecule has 0 heterocycles. The van der Waals surface area contributed by atoms with E-state index < -0.39 is 0 Å². The molecule has 0 aromatic rings. The summed E-state index contributed by atoms with van der Waals surface area (Å²) < 4.78 is 0. The van der Waals surface area contributed by atoms with Gasteiger partial charge in [-0.05, 0) is 18.8 Å². The van der Waals surface area contributed by atoms with Gasteiger partial charge in [0.25, 0.3) is 0 Å². The predicted octanol–water partition coefficient (Wildman–Crippen LogP) is 0.758. The number of hydrogen-bond donors (Lipinski definition) is 1. The molecule has 0 amide bonds. The first kappa shape index (κ1) is 6.84. The molecular formula is C10H12O2. The maximum absolute atomic E-state index is 11.6. The van der Waals surface area contributed by atoms with E-state index in [1.54, 1.807) is 0 Å². The van der Waals surface area contributed by atoms with Crippen LogP contribution in [0.15, 0.2) is 12.2 Å². The molecule has 0 spiro atoms. The summed E-state index contributed by atoms with van der Waals surface area (Å²) in [5.74, 6) is 1.39. The Labute approximate surface area is 71.3 Å². The van der Waals surface area contributed by atoms with E-state index in [4.69, 9.17) is 0 Å². The molecule has 2 fully saturated rings. The van der Waals surface area contributed by atoms with Crippen LogP contribution in [0, 0.1) is 23.7 Å². The Balaban J connectivity index is 2.08. The fourth-order valence-electron chi connectivity index (χ4n) is 3.32. The topological polar surface area (TPSA) is 37.3 Å². The van der Waals surface area contributed by atoms with Crippen LogP contribution < -0.4 is 0 Å². The number of ketones is 1. The van der Waals surface area contributed by atoms with E-state index >= 15 is 0 Å². The van der Waals surface area contributed by atoms with Crippen LogP contribution in [0.1, 0.15) is 12.8 Å². The first-order valence-electron chi connectivity index (χ1n) is 4.67. The van der Waals surface area contributed by atoms with Crippen molar-refractivity contribution in [1.29, 1.82) is 0 Å². The van der Waals surface area contributed by atoms with Crippen molar-refractivity contribution in [3.63, 3.8) is 0 Å². The van der Waals surface area contributed by atoms with Crippen molar-refractivity contribution < 1.29 is 9.90 Å². The van der Waals surface area contributed by atoms with Gasteiger partial charge >= 0.3 is 0 Å². The molecule has 4 bridgehead atoms. The third-order valence-corrected chi connectivity index (χ3v) is 3.79. The van der Waals surface area contributed by atoms with Crippen LogP contribution in [0.5, 0.6) is 0 Å². The van der Waals surface area contributed by atoms with Gasteiger partial charge in [-0.25, -0.2) is 0 Å². The van der Waals surface area contributed by atoms with Gasteiger partial charge in [0.1, 0.15) is 5.78 Å². The van der Waals surface area contributed by atoms with Gasteiger partial charge in [0.15, 0.2) is 0 Å². The van der Waals surface area contributed by atoms with E-state index in [1.807, 2.05) is 0 Å². The zero-order valence-electron chi connectivity index (χ0n) is 6.81. The van der Waals surface area contributed by atoms with Crippen molar-refractivity contribution in [2.75, 3.05) is 0 Å². The number of aliphatic hydroxyl groups is 1. The highest BCUT2D eigenvalue weighted by Gasteiger charge is 2.58. The molecule has 3 aliphatic rings. The van der Waals surface area contributed by atoms with Crippen LogP contribution in [0.3, 0.4) is 0 Å². The zero-order valence-corrected chi connectivity index (χ0v) is 6.81. The Morgan fingerprint density at radius 1 is 1.42 bits per heavy atom. The summed E-state index contributed by atoms with van der Waals surface area (Å²) in [6.07, 6.45) is 5.64. The number of carbonyl (C=O) groups excluding carboxylic acids is 1. The average molecular weight is 164 g/mol. The second kappa shape index (κ2) is 1.99. The number of rotatable bonds is 0. The van der Waals surface area contributed by atoms with Crippen molar-refractivity contribution in [2.45, 2.75) is 18.9 Å². The summed E-state index contributed by atoms with van der Waals surface area (Å²) >= 11 is 0. The lowest BCUT2D eigenvalue weighted by molar-refractivity contribution is -0.127. The number of hydrogen-bond acceptors (Lipinski definition) is 2. The lowest BCUT2D eigenvalue weighted by atomic mass is 9.80. The zero-order chi connectivity index (χ0) is 8.29. The normalized spacial score (nSPS) is 55.1. The van der Waals surface area contributed by atoms with E-state index in [2.05, 4.69) is 12.2 Å². The summed E-state index contributed by atoms with van der Waals surface area (Å²) in [5, 5.41) is 9.66. The first-order valence-corrected chi connectivity index (χ1v) is 4.67. The van der Waals surface area contributed by atoms with Gasteiger partial charge in [-0.15, -0.1) is 0 Å². The number of aliphatic hydroxyl groups excluding tert-OH is 1. The molecule has 0 unspecified atom stereocenters. The minimum Gasteiger partial charge on any atom is -0.393 e. The van der Waals surface area contributed by atoms with Crippen molar-refractivity contribution in [3.05, 3.63) is 12.2 Å². The Morgan fingerprint density at radius 2 is 2.25 bits per heavy atom. The highest BCUT2D eigenvalue weighted by Crippen LogP contribution is 2.54. The Kier molecular flexibility index (Phi) is 1.14. The van der Waals surface area contributed by atoms with Crippen molar-refractivity contribution in [1.82, 2.24) is 0 Å². The quantitative estimate of drug-likeness (QED) is 0.537. The Hall–Kier alpha value is -0.630. The number of carbonyl (C=O) groups is 1. The monoisotopic (exact) mass is 164 g/mol. The second-order valence-corrected chi connectivity index (χ2v) is 4.24. The summed E-state index contributed by atoms with van der Waals surface area (Å²) in [6.45, 7) is 0. The van der Waals surface area contributed by atoms with E-state index in [1.165, 1.54) is 0 Å². The molecule has 2 heteroatoms. The largest absolute Gasteiger partial charge is 0.393 e.